The lowest BCUT2D eigenvalue weighted by molar-refractivity contribution is 0.257. The first-order valence-electron chi connectivity index (χ1n) is 7.38. The predicted octanol–water partition coefficient (Wildman–Crippen LogP) is 3.19. The van der Waals surface area contributed by atoms with Crippen LogP contribution < -0.4 is 15.1 Å². The van der Waals surface area contributed by atoms with E-state index < -0.39 is 0 Å². The van der Waals surface area contributed by atoms with Gasteiger partial charge in [-0.1, -0.05) is 17.7 Å². The fourth-order valence-electron chi connectivity index (χ4n) is 2.72. The van der Waals surface area contributed by atoms with Crippen LogP contribution in [0.2, 0.25) is 0 Å². The van der Waals surface area contributed by atoms with Crippen molar-refractivity contribution < 1.29 is 4.79 Å². The van der Waals surface area contributed by atoms with Crippen LogP contribution in [0.25, 0.3) is 0 Å². The minimum atomic E-state index is -0.116. The van der Waals surface area contributed by atoms with Crippen LogP contribution in [-0.4, -0.2) is 31.2 Å². The molecule has 0 spiro atoms. The predicted molar refractivity (Wildman–Crippen MR) is 89.8 cm³/mol. The molecule has 5 nitrogen and oxygen atoms in total. The Kier molecular flexibility index (Phi) is 3.71. The summed E-state index contributed by atoms with van der Waals surface area (Å²) in [5.41, 5.74) is 3.94. The number of urea groups is 1. The summed E-state index contributed by atoms with van der Waals surface area (Å²) in [6, 6.07) is 9.68. The van der Waals surface area contributed by atoms with E-state index in [4.69, 9.17) is 0 Å². The fourth-order valence-corrected chi connectivity index (χ4v) is 2.72. The summed E-state index contributed by atoms with van der Waals surface area (Å²) < 4.78 is 0. The van der Waals surface area contributed by atoms with Crippen LogP contribution in [0.3, 0.4) is 0 Å². The Hall–Kier alpha value is -2.56. The average molecular weight is 296 g/mol. The molecule has 1 aromatic carbocycles. The Morgan fingerprint density at radius 2 is 2.05 bits per heavy atom. The second-order valence-electron chi connectivity index (χ2n) is 5.67. The maximum atomic E-state index is 12.6. The Bertz CT molecular complexity index is 714. The minimum absolute atomic E-state index is 0.116. The van der Waals surface area contributed by atoms with Crippen molar-refractivity contribution in [3.05, 3.63) is 47.7 Å². The summed E-state index contributed by atoms with van der Waals surface area (Å²) in [6.07, 6.45) is 1.75. The summed E-state index contributed by atoms with van der Waals surface area (Å²) >= 11 is 0. The molecule has 0 radical (unpaired) electrons. The molecular weight excluding hydrogens is 276 g/mol. The quantitative estimate of drug-likeness (QED) is 0.879. The first-order chi connectivity index (χ1) is 10.6. The highest BCUT2D eigenvalue weighted by Gasteiger charge is 2.26. The maximum absolute atomic E-state index is 12.6. The number of nitrogens with one attached hydrogen (secondary N) is 1. The first kappa shape index (κ1) is 14.4. The number of aromatic nitrogens is 1. The summed E-state index contributed by atoms with van der Waals surface area (Å²) in [6.45, 7) is 5.46. The molecule has 1 aromatic heterocycles. The monoisotopic (exact) mass is 296 g/mol. The Labute approximate surface area is 130 Å². The van der Waals surface area contributed by atoms with Gasteiger partial charge in [0.15, 0.2) is 5.82 Å². The van der Waals surface area contributed by atoms with E-state index in [1.807, 2.05) is 45.2 Å². The van der Waals surface area contributed by atoms with Crippen LogP contribution in [0, 0.1) is 13.8 Å². The van der Waals surface area contributed by atoms with Gasteiger partial charge < -0.3 is 10.2 Å². The number of anilines is 3. The number of fused-ring (bicyclic) bond motifs is 1. The van der Waals surface area contributed by atoms with Crippen molar-refractivity contribution in [2.75, 3.05) is 35.3 Å². The third kappa shape index (κ3) is 2.62. The van der Waals surface area contributed by atoms with Crippen molar-refractivity contribution in [2.45, 2.75) is 13.8 Å². The molecule has 22 heavy (non-hydrogen) atoms. The van der Waals surface area contributed by atoms with Crippen molar-refractivity contribution >= 4 is 23.2 Å². The van der Waals surface area contributed by atoms with E-state index in [-0.39, 0.29) is 6.03 Å². The fraction of sp³-hybridized carbons (Fsp3) is 0.294. The lowest BCUT2D eigenvalue weighted by atomic mass is 10.1. The highest BCUT2D eigenvalue weighted by atomic mass is 16.2. The Morgan fingerprint density at radius 3 is 2.82 bits per heavy atom. The highest BCUT2D eigenvalue weighted by molar-refractivity contribution is 6.04. The number of likely N-dealkylation sites (N-methyl/N-ethyl adjacent to an activating group) is 1. The maximum Gasteiger partial charge on any atom is 0.326 e. The zero-order valence-corrected chi connectivity index (χ0v) is 13.1. The number of carbonyl (C=O) groups is 1. The Morgan fingerprint density at radius 1 is 1.23 bits per heavy atom. The first-order valence-corrected chi connectivity index (χ1v) is 7.38. The van der Waals surface area contributed by atoms with E-state index >= 15 is 0 Å². The summed E-state index contributed by atoms with van der Waals surface area (Å²) in [4.78, 5) is 20.8. The van der Waals surface area contributed by atoms with Gasteiger partial charge in [-0.15, -0.1) is 0 Å². The zero-order chi connectivity index (χ0) is 15.7. The van der Waals surface area contributed by atoms with E-state index in [1.165, 1.54) is 5.56 Å². The normalized spacial score (nSPS) is 13.8. The number of rotatable bonds is 1. The molecule has 2 aromatic rings. The van der Waals surface area contributed by atoms with Gasteiger partial charge in [-0.3, -0.25) is 4.90 Å². The molecule has 0 atom stereocenters. The summed E-state index contributed by atoms with van der Waals surface area (Å²) in [7, 11) is 1.99. The van der Waals surface area contributed by atoms with Gasteiger partial charge in [0, 0.05) is 32.0 Å². The molecule has 1 N–H and O–H groups in total. The van der Waals surface area contributed by atoms with Gasteiger partial charge in [-0.05, 0) is 37.6 Å². The van der Waals surface area contributed by atoms with E-state index in [9.17, 15) is 4.79 Å². The number of carbonyl (C=O) groups excluding carboxylic acids is 1. The van der Waals surface area contributed by atoms with Crippen LogP contribution in [0.5, 0.6) is 0 Å². The lowest BCUT2D eigenvalue weighted by Gasteiger charge is -2.34. The smallest absolute Gasteiger partial charge is 0.326 e. The zero-order valence-electron chi connectivity index (χ0n) is 13.1. The van der Waals surface area contributed by atoms with Crippen molar-refractivity contribution in [1.82, 2.24) is 4.98 Å². The molecule has 0 saturated carbocycles. The molecule has 5 heteroatoms. The van der Waals surface area contributed by atoms with Gasteiger partial charge in [-0.2, -0.15) is 0 Å². The molecule has 2 heterocycles. The van der Waals surface area contributed by atoms with Crippen molar-refractivity contribution in [3.8, 4) is 0 Å². The SMILES string of the molecule is Cc1ccc(NC(=O)N2CCN(C)c3ncccc32)c(C)c1. The van der Waals surface area contributed by atoms with Gasteiger partial charge in [-0.25, -0.2) is 9.78 Å². The van der Waals surface area contributed by atoms with Crippen molar-refractivity contribution in [1.29, 1.82) is 0 Å². The van der Waals surface area contributed by atoms with Crippen molar-refractivity contribution in [2.24, 2.45) is 0 Å². The van der Waals surface area contributed by atoms with Gasteiger partial charge in [0.1, 0.15) is 0 Å². The van der Waals surface area contributed by atoms with Crippen LogP contribution in [0.4, 0.5) is 22.0 Å². The van der Waals surface area contributed by atoms with Crippen LogP contribution in [0.1, 0.15) is 11.1 Å². The molecule has 2 amide bonds. The number of nitrogens with zero attached hydrogens (tertiary/aromatic N) is 3. The minimum Gasteiger partial charge on any atom is -0.356 e. The third-order valence-electron chi connectivity index (χ3n) is 3.95. The van der Waals surface area contributed by atoms with E-state index in [0.29, 0.717) is 6.54 Å². The number of amides is 2. The molecule has 114 valence electrons. The molecule has 0 saturated heterocycles. The summed E-state index contributed by atoms with van der Waals surface area (Å²) in [5, 5.41) is 3.00. The lowest BCUT2D eigenvalue weighted by Crippen LogP contribution is -2.45. The largest absolute Gasteiger partial charge is 0.356 e. The van der Waals surface area contributed by atoms with Gasteiger partial charge in [0.2, 0.25) is 0 Å². The average Bonchev–Trinajstić information content (AvgIpc) is 2.50. The van der Waals surface area contributed by atoms with E-state index in [1.54, 1.807) is 11.1 Å². The molecule has 0 aliphatic carbocycles. The van der Waals surface area contributed by atoms with E-state index in [2.05, 4.69) is 21.3 Å². The highest BCUT2D eigenvalue weighted by Crippen LogP contribution is 2.30. The molecule has 1 aliphatic heterocycles. The van der Waals surface area contributed by atoms with Crippen molar-refractivity contribution in [3.63, 3.8) is 0 Å². The Balaban J connectivity index is 1.85. The van der Waals surface area contributed by atoms with Crippen LogP contribution in [-0.2, 0) is 0 Å². The molecular formula is C17H20N4O. The molecule has 3 rings (SSSR count). The van der Waals surface area contributed by atoms with Gasteiger partial charge >= 0.3 is 6.03 Å². The van der Waals surface area contributed by atoms with Gasteiger partial charge in [0.25, 0.3) is 0 Å². The molecule has 1 aliphatic rings. The second kappa shape index (κ2) is 5.67. The standard InChI is InChI=1S/C17H20N4O/c1-12-6-7-14(13(2)11-12)19-17(22)21-10-9-20(3)16-15(21)5-4-8-18-16/h4-8,11H,9-10H2,1-3H3,(H,19,22). The molecule has 0 fully saturated rings. The number of hydrogen-bond acceptors (Lipinski definition) is 3. The number of pyridine rings is 1. The topological polar surface area (TPSA) is 48.5 Å². The molecule has 0 unspecified atom stereocenters. The van der Waals surface area contributed by atoms with E-state index in [0.717, 1.165) is 29.3 Å². The third-order valence-corrected chi connectivity index (χ3v) is 3.95. The number of aryl methyl sites for hydroxylation is 2. The number of hydrogen-bond donors (Lipinski definition) is 1. The number of benzene rings is 1. The van der Waals surface area contributed by atoms with Crippen LogP contribution >= 0.6 is 0 Å². The second-order valence-corrected chi connectivity index (χ2v) is 5.67. The molecule has 0 bridgehead atoms. The van der Waals surface area contributed by atoms with Crippen LogP contribution in [0.15, 0.2) is 36.5 Å². The van der Waals surface area contributed by atoms with Gasteiger partial charge in [0.05, 0.1) is 5.69 Å². The summed E-state index contributed by atoms with van der Waals surface area (Å²) in [5.74, 6) is 0.838.